The normalized spacial score (nSPS) is 27.9. The summed E-state index contributed by atoms with van der Waals surface area (Å²) >= 11 is -1.34. The molecule has 0 spiro atoms. The van der Waals surface area contributed by atoms with Gasteiger partial charge in [0.2, 0.25) is 0 Å². The summed E-state index contributed by atoms with van der Waals surface area (Å²) in [6.45, 7) is 6.65. The molecule has 0 radical (unpaired) electrons. The standard InChI is InChI=1S/C35H41F4IN3O4/c1-30(2,36)28-41-27(42-47-28)33-15-12-32(13-16-33,14-17-33)21-43(29(44)40-25-19-34(46,20-25)35(37,38)39)26-7-5-6-23(18-26)22-8-10-24(11-9-22)31(3,4)45/h5-11,18,25,45-46H,12-17,19-21H2,1-4H3/q-1. The molecule has 256 valence electrons. The van der Waals surface area contributed by atoms with Crippen LogP contribution in [0.3, 0.4) is 0 Å². The third kappa shape index (κ3) is 6.70. The number of carbonyl (C=O) groups excluding carboxylic acids is 1. The predicted octanol–water partition coefficient (Wildman–Crippen LogP) is 4.93. The summed E-state index contributed by atoms with van der Waals surface area (Å²) in [4.78, 5) is 20.3. The number of anilines is 1. The van der Waals surface area contributed by atoms with Crippen molar-refractivity contribution in [2.75, 3.05) is 11.4 Å². The molecule has 7 nitrogen and oxygen atoms in total. The van der Waals surface area contributed by atoms with Gasteiger partial charge in [0.05, 0.1) is 0 Å². The van der Waals surface area contributed by atoms with Gasteiger partial charge in [-0.25, -0.2) is 0 Å². The van der Waals surface area contributed by atoms with Crippen LogP contribution >= 0.6 is 0 Å². The first-order chi connectivity index (χ1) is 21.8. The topological polar surface area (TPSA) is 99.7 Å². The van der Waals surface area contributed by atoms with E-state index in [1.54, 1.807) is 18.7 Å². The number of nitrogens with zero attached hydrogens (tertiary/aromatic N) is 3. The molecular formula is C35H41F4IN3O4-. The summed E-state index contributed by atoms with van der Waals surface area (Å²) in [5.41, 5.74) is -2.68. The Kier molecular flexibility index (Phi) is 8.60. The van der Waals surface area contributed by atoms with Crippen LogP contribution in [0, 0.1) is 5.41 Å². The van der Waals surface area contributed by atoms with Crippen molar-refractivity contribution in [1.29, 1.82) is 0 Å². The fraction of sp³-hybridized carbons (Fsp3) is 0.571. The van der Waals surface area contributed by atoms with E-state index >= 15 is 0 Å². The predicted molar refractivity (Wildman–Crippen MR) is 164 cm³/mol. The van der Waals surface area contributed by atoms with E-state index in [0.29, 0.717) is 18.1 Å². The van der Waals surface area contributed by atoms with E-state index in [0.717, 1.165) is 55.2 Å². The van der Waals surface area contributed by atoms with Gasteiger partial charge in [-0.15, -0.1) is 0 Å². The molecule has 4 aliphatic carbocycles. The first-order valence-electron chi connectivity index (χ1n) is 16.0. The van der Waals surface area contributed by atoms with Crippen LogP contribution < -0.4 is 26.1 Å². The molecular weight excluding hydrogens is 729 g/mol. The molecule has 47 heavy (non-hydrogen) atoms. The molecule has 1 aromatic heterocycles. The van der Waals surface area contributed by atoms with Crippen molar-refractivity contribution >= 4 is 9.60 Å². The van der Waals surface area contributed by atoms with Crippen LogP contribution in [0.2, 0.25) is 0 Å². The van der Waals surface area contributed by atoms with E-state index in [9.17, 15) is 32.6 Å². The number of fused-ring (bicyclic) bond motifs is 3. The molecule has 3 aromatic rings. The minimum atomic E-state index is -4.71. The Hall–Kier alpha value is -2.58. The number of halogens is 5. The summed E-state index contributed by atoms with van der Waals surface area (Å²) < 4.78 is 59.2. The Bertz CT molecular complexity index is 1600. The SMILES string of the molecule is CC(C)(O)c1ccc(-c2cccc(N(CC34CCC(c5noc(C(C)(C)F)n5)(CC3)CC4)C(=O)[I-]C3CC(O)(C(F)(F)F)C3)c2)cc1. The molecule has 4 aliphatic rings. The number of aliphatic hydroxyl groups is 2. The van der Waals surface area contributed by atoms with Gasteiger partial charge in [-0.05, 0) is 0 Å². The van der Waals surface area contributed by atoms with Crippen LogP contribution in [0.4, 0.5) is 28.0 Å². The van der Waals surface area contributed by atoms with Gasteiger partial charge in [0.1, 0.15) is 0 Å². The zero-order chi connectivity index (χ0) is 34.0. The van der Waals surface area contributed by atoms with Crippen molar-refractivity contribution in [3.63, 3.8) is 0 Å². The van der Waals surface area contributed by atoms with Crippen molar-refractivity contribution < 1.29 is 58.3 Å². The minimum absolute atomic E-state index is 0.0343. The van der Waals surface area contributed by atoms with Crippen LogP contribution in [-0.2, 0) is 16.7 Å². The number of aromatic nitrogens is 2. The molecule has 2 N–H and O–H groups in total. The molecule has 4 fully saturated rings. The third-order valence-electron chi connectivity index (χ3n) is 10.5. The van der Waals surface area contributed by atoms with Crippen molar-refractivity contribution in [3.8, 4) is 11.1 Å². The maximum atomic E-state index is 14.5. The Morgan fingerprint density at radius 2 is 1.57 bits per heavy atom. The monoisotopic (exact) mass is 770 g/mol. The summed E-state index contributed by atoms with van der Waals surface area (Å²) in [5.74, 6) is 0.503. The van der Waals surface area contributed by atoms with Gasteiger partial charge in [-0.1, -0.05) is 0 Å². The average molecular weight is 771 g/mol. The molecule has 0 saturated heterocycles. The Labute approximate surface area is 282 Å². The number of alkyl halides is 5. The van der Waals surface area contributed by atoms with E-state index < -0.39 is 61.0 Å². The summed E-state index contributed by atoms with van der Waals surface area (Å²) in [5, 5.41) is 24.6. The zero-order valence-corrected chi connectivity index (χ0v) is 29.2. The molecule has 0 aliphatic heterocycles. The summed E-state index contributed by atoms with van der Waals surface area (Å²) in [7, 11) is 0. The van der Waals surface area contributed by atoms with Crippen molar-refractivity contribution in [1.82, 2.24) is 10.1 Å². The van der Waals surface area contributed by atoms with Crippen LogP contribution in [0.25, 0.3) is 11.1 Å². The van der Waals surface area contributed by atoms with Gasteiger partial charge in [-0.3, -0.25) is 0 Å². The van der Waals surface area contributed by atoms with Gasteiger partial charge >= 0.3 is 283 Å². The Morgan fingerprint density at radius 1 is 0.957 bits per heavy atom. The van der Waals surface area contributed by atoms with Crippen molar-refractivity contribution in [2.45, 2.75) is 111 Å². The fourth-order valence-corrected chi connectivity index (χ4v) is 10.6. The quantitative estimate of drug-likeness (QED) is 0.105. The van der Waals surface area contributed by atoms with Crippen LogP contribution in [0.5, 0.6) is 0 Å². The Balaban J connectivity index is 1.24. The second-order valence-electron chi connectivity index (χ2n) is 14.8. The molecule has 12 heteroatoms. The Morgan fingerprint density at radius 3 is 2.11 bits per heavy atom. The van der Waals surface area contributed by atoms with Crippen LogP contribution in [-0.4, -0.2) is 46.5 Å². The fourth-order valence-electron chi connectivity index (χ4n) is 7.20. The summed E-state index contributed by atoms with van der Waals surface area (Å²) in [6, 6.07) is 15.2. The number of amides is 1. The molecule has 2 aromatic carbocycles. The van der Waals surface area contributed by atoms with E-state index in [-0.39, 0.29) is 20.6 Å². The molecule has 4 saturated carbocycles. The number of hydrogen-bond donors (Lipinski definition) is 2. The van der Waals surface area contributed by atoms with Crippen molar-refractivity contribution in [3.05, 3.63) is 65.8 Å². The third-order valence-corrected chi connectivity index (χ3v) is 13.4. The van der Waals surface area contributed by atoms with Gasteiger partial charge < -0.3 is 0 Å². The van der Waals surface area contributed by atoms with Crippen LogP contribution in [0.15, 0.2) is 53.1 Å². The maximum absolute atomic E-state index is 14.5. The zero-order valence-electron chi connectivity index (χ0n) is 27.0. The molecule has 1 amide bonds. The molecule has 0 atom stereocenters. The number of benzene rings is 2. The number of rotatable bonds is 9. The molecule has 7 rings (SSSR count). The number of carbonyl (C=O) groups is 1. The first kappa shape index (κ1) is 34.3. The molecule has 1 heterocycles. The second kappa shape index (κ2) is 11.8. The van der Waals surface area contributed by atoms with E-state index in [4.69, 9.17) is 4.52 Å². The van der Waals surface area contributed by atoms with E-state index in [1.165, 1.54) is 13.8 Å². The van der Waals surface area contributed by atoms with E-state index in [2.05, 4.69) is 10.1 Å². The number of hydrogen-bond acceptors (Lipinski definition) is 6. The van der Waals surface area contributed by atoms with Gasteiger partial charge in [-0.2, -0.15) is 0 Å². The van der Waals surface area contributed by atoms with Gasteiger partial charge in [0.15, 0.2) is 0 Å². The van der Waals surface area contributed by atoms with Gasteiger partial charge in [0.25, 0.3) is 0 Å². The average Bonchev–Trinajstić information content (AvgIpc) is 3.52. The van der Waals surface area contributed by atoms with Crippen molar-refractivity contribution in [2.24, 2.45) is 5.41 Å². The summed E-state index contributed by atoms with van der Waals surface area (Å²) in [6.07, 6.45) is -0.881. The first-order valence-corrected chi connectivity index (χ1v) is 18.4. The second-order valence-corrected chi connectivity index (χ2v) is 18.2. The van der Waals surface area contributed by atoms with E-state index in [1.807, 2.05) is 48.5 Å². The van der Waals surface area contributed by atoms with Crippen LogP contribution in [0.1, 0.15) is 96.3 Å². The molecule has 2 bridgehead atoms. The van der Waals surface area contributed by atoms with Gasteiger partial charge in [0, 0.05) is 0 Å². The molecule has 0 unspecified atom stereocenters.